The maximum absolute atomic E-state index is 13.1. The van der Waals surface area contributed by atoms with E-state index in [0.717, 1.165) is 24.0 Å². The van der Waals surface area contributed by atoms with Gasteiger partial charge < -0.3 is 4.74 Å². The first-order valence-electron chi connectivity index (χ1n) is 8.51. The summed E-state index contributed by atoms with van der Waals surface area (Å²) >= 11 is 0. The molecule has 0 spiro atoms. The molecule has 5 nitrogen and oxygen atoms in total. The molecule has 0 aromatic heterocycles. The van der Waals surface area contributed by atoms with Gasteiger partial charge >= 0.3 is 5.97 Å². The summed E-state index contributed by atoms with van der Waals surface area (Å²) in [6.45, 7) is 2.38. The molecule has 1 fully saturated rings. The maximum Gasteiger partial charge on any atom is 0.324 e. The summed E-state index contributed by atoms with van der Waals surface area (Å²) in [7, 11) is -3.65. The van der Waals surface area contributed by atoms with Crippen molar-refractivity contribution >= 4 is 22.1 Å². The van der Waals surface area contributed by atoms with Gasteiger partial charge in [0.05, 0.1) is 11.5 Å². The number of hydrogen-bond acceptors (Lipinski definition) is 4. The van der Waals surface area contributed by atoms with E-state index in [-0.39, 0.29) is 6.61 Å². The number of rotatable bonds is 4. The Morgan fingerprint density at radius 1 is 1.25 bits per heavy atom. The Hall–Kier alpha value is -1.66. The predicted molar refractivity (Wildman–Crippen MR) is 92.6 cm³/mol. The molecule has 1 aromatic carbocycles. The van der Waals surface area contributed by atoms with E-state index >= 15 is 0 Å². The molecule has 0 radical (unpaired) electrons. The first kappa shape index (κ1) is 17.2. The molecule has 24 heavy (non-hydrogen) atoms. The maximum atomic E-state index is 13.1. The first-order valence-corrected chi connectivity index (χ1v) is 9.95. The van der Waals surface area contributed by atoms with Crippen molar-refractivity contribution in [2.45, 2.75) is 45.1 Å². The lowest BCUT2D eigenvalue weighted by Crippen LogP contribution is -2.49. The first-order chi connectivity index (χ1) is 11.5. The molecule has 0 bridgehead atoms. The van der Waals surface area contributed by atoms with Crippen LogP contribution in [0.3, 0.4) is 0 Å². The van der Waals surface area contributed by atoms with Gasteiger partial charge in [-0.05, 0) is 56.2 Å². The van der Waals surface area contributed by atoms with Crippen molar-refractivity contribution in [3.63, 3.8) is 0 Å². The van der Waals surface area contributed by atoms with Gasteiger partial charge in [0.15, 0.2) is 0 Å². The molecule has 0 amide bonds. The van der Waals surface area contributed by atoms with E-state index < -0.39 is 22.0 Å². The second-order valence-corrected chi connectivity index (χ2v) is 8.13. The van der Waals surface area contributed by atoms with Crippen molar-refractivity contribution in [3.8, 4) is 0 Å². The normalized spacial score (nSPS) is 21.7. The zero-order valence-electron chi connectivity index (χ0n) is 13.9. The summed E-state index contributed by atoms with van der Waals surface area (Å²) in [5.41, 5.74) is 2.11. The fraction of sp³-hybridized carbons (Fsp3) is 0.500. The molecular weight excluding hydrogens is 326 g/mol. The third kappa shape index (κ3) is 3.26. The highest BCUT2D eigenvalue weighted by molar-refractivity contribution is 7.93. The summed E-state index contributed by atoms with van der Waals surface area (Å²) in [6, 6.07) is 7.14. The fourth-order valence-electron chi connectivity index (χ4n) is 3.43. The average Bonchev–Trinajstić information content (AvgIpc) is 2.61. The van der Waals surface area contributed by atoms with Crippen LogP contribution in [0.4, 0.5) is 0 Å². The lowest BCUT2D eigenvalue weighted by atomic mass is 9.98. The Bertz CT molecular complexity index is 754. The molecule has 6 heteroatoms. The van der Waals surface area contributed by atoms with Crippen LogP contribution in [0.2, 0.25) is 0 Å². The van der Waals surface area contributed by atoms with Crippen LogP contribution in [0.5, 0.6) is 0 Å². The van der Waals surface area contributed by atoms with Crippen molar-refractivity contribution in [1.82, 2.24) is 4.31 Å². The van der Waals surface area contributed by atoms with Gasteiger partial charge in [0.2, 0.25) is 10.0 Å². The second-order valence-electron chi connectivity index (χ2n) is 6.19. The van der Waals surface area contributed by atoms with Crippen LogP contribution in [0.15, 0.2) is 29.2 Å². The summed E-state index contributed by atoms with van der Waals surface area (Å²) in [4.78, 5) is 12.6. The lowest BCUT2D eigenvalue weighted by Gasteiger charge is -2.34. The van der Waals surface area contributed by atoms with Crippen LogP contribution in [0.25, 0.3) is 6.08 Å². The van der Waals surface area contributed by atoms with E-state index in [4.69, 9.17) is 4.74 Å². The Balaban J connectivity index is 1.91. The molecule has 1 saturated heterocycles. The molecule has 130 valence electrons. The topological polar surface area (TPSA) is 63.7 Å². The zero-order valence-corrected chi connectivity index (χ0v) is 14.7. The number of hydrogen-bond donors (Lipinski definition) is 0. The molecule has 1 aromatic rings. The molecule has 3 rings (SSSR count). The van der Waals surface area contributed by atoms with Crippen LogP contribution in [0, 0.1) is 0 Å². The van der Waals surface area contributed by atoms with Crippen LogP contribution < -0.4 is 0 Å². The van der Waals surface area contributed by atoms with Gasteiger partial charge in [-0.2, -0.15) is 4.31 Å². The fourth-order valence-corrected chi connectivity index (χ4v) is 5.26. The van der Waals surface area contributed by atoms with Crippen LogP contribution in [-0.2, 0) is 26.0 Å². The minimum atomic E-state index is -3.65. The molecule has 0 saturated carbocycles. The minimum absolute atomic E-state index is 0.263. The largest absolute Gasteiger partial charge is 0.465 e. The highest BCUT2D eigenvalue weighted by atomic mass is 32.2. The Labute approximate surface area is 143 Å². The van der Waals surface area contributed by atoms with Gasteiger partial charge in [0.25, 0.3) is 0 Å². The third-order valence-electron chi connectivity index (χ3n) is 4.66. The number of piperidine rings is 1. The number of ether oxygens (including phenoxy) is 1. The van der Waals surface area contributed by atoms with Gasteiger partial charge in [0.1, 0.15) is 6.04 Å². The third-order valence-corrected chi connectivity index (χ3v) is 6.70. The van der Waals surface area contributed by atoms with E-state index in [1.165, 1.54) is 4.31 Å². The summed E-state index contributed by atoms with van der Waals surface area (Å²) in [5, 5.41) is 0. The highest BCUT2D eigenvalue weighted by Gasteiger charge is 2.39. The second kappa shape index (κ2) is 7.07. The standard InChI is InChI=1S/C18H23NO4S/c1-2-23-18(20)17-9-5-6-12-19(17)24(21,22)16-11-10-14-7-3-4-8-15(14)13-16/h3-4,7-8,13,17H,2,5-6,9-12H2,1H3. The van der Waals surface area contributed by atoms with E-state index in [0.29, 0.717) is 30.7 Å². The molecule has 1 atom stereocenters. The van der Waals surface area contributed by atoms with Gasteiger partial charge in [-0.15, -0.1) is 0 Å². The number of esters is 1. The number of aryl methyl sites for hydroxylation is 1. The summed E-state index contributed by atoms with van der Waals surface area (Å²) < 4.78 is 32.7. The number of nitrogens with zero attached hydrogens (tertiary/aromatic N) is 1. The summed E-state index contributed by atoms with van der Waals surface area (Å²) in [6.07, 6.45) is 5.09. The molecule has 1 aliphatic heterocycles. The van der Waals surface area contributed by atoms with E-state index in [1.807, 2.05) is 24.3 Å². The van der Waals surface area contributed by atoms with Gasteiger partial charge in [-0.1, -0.05) is 24.3 Å². The quantitative estimate of drug-likeness (QED) is 0.784. The van der Waals surface area contributed by atoms with E-state index in [9.17, 15) is 13.2 Å². The van der Waals surface area contributed by atoms with Crippen molar-refractivity contribution < 1.29 is 17.9 Å². The highest BCUT2D eigenvalue weighted by Crippen LogP contribution is 2.32. The molecule has 1 aliphatic carbocycles. The number of carbonyl (C=O) groups is 1. The Morgan fingerprint density at radius 3 is 2.83 bits per heavy atom. The van der Waals surface area contributed by atoms with Crippen LogP contribution in [-0.4, -0.2) is 37.9 Å². The smallest absolute Gasteiger partial charge is 0.324 e. The van der Waals surface area contributed by atoms with Crippen LogP contribution in [0.1, 0.15) is 43.7 Å². The summed E-state index contributed by atoms with van der Waals surface area (Å²) in [5.74, 6) is -0.433. The number of carbonyl (C=O) groups excluding carboxylic acids is 1. The van der Waals surface area contributed by atoms with Gasteiger partial charge in [0, 0.05) is 6.54 Å². The predicted octanol–water partition coefficient (Wildman–Crippen LogP) is 2.72. The molecule has 1 unspecified atom stereocenters. The van der Waals surface area contributed by atoms with Crippen molar-refractivity contribution in [2.24, 2.45) is 0 Å². The van der Waals surface area contributed by atoms with E-state index in [1.54, 1.807) is 13.0 Å². The zero-order chi connectivity index (χ0) is 17.2. The van der Waals surface area contributed by atoms with Gasteiger partial charge in [-0.3, -0.25) is 4.79 Å². The van der Waals surface area contributed by atoms with Gasteiger partial charge in [-0.25, -0.2) is 8.42 Å². The number of benzene rings is 1. The Morgan fingerprint density at radius 2 is 2.04 bits per heavy atom. The molecule has 0 N–H and O–H groups in total. The van der Waals surface area contributed by atoms with Crippen molar-refractivity contribution in [2.75, 3.05) is 13.2 Å². The lowest BCUT2D eigenvalue weighted by molar-refractivity contribution is -0.148. The molecular formula is C18H23NO4S. The monoisotopic (exact) mass is 349 g/mol. The van der Waals surface area contributed by atoms with Crippen molar-refractivity contribution in [1.29, 1.82) is 0 Å². The SMILES string of the molecule is CCOC(=O)C1CCCCN1S(=O)(=O)C1=Cc2ccccc2CC1. The average molecular weight is 349 g/mol. The number of allylic oxidation sites excluding steroid dienone is 1. The van der Waals surface area contributed by atoms with Crippen molar-refractivity contribution in [3.05, 3.63) is 40.3 Å². The molecule has 2 aliphatic rings. The van der Waals surface area contributed by atoms with E-state index in [2.05, 4.69) is 0 Å². The number of sulfonamides is 1. The number of fused-ring (bicyclic) bond motifs is 1. The minimum Gasteiger partial charge on any atom is -0.465 e. The molecule has 1 heterocycles. The van der Waals surface area contributed by atoms with Crippen LogP contribution >= 0.6 is 0 Å². The Kier molecular flexibility index (Phi) is 5.06.